The summed E-state index contributed by atoms with van der Waals surface area (Å²) in [5.74, 6) is -1.30. The minimum Gasteiger partial charge on any atom is -0.481 e. The molecule has 0 unspecified atom stereocenters. The van der Waals surface area contributed by atoms with Crippen molar-refractivity contribution < 1.29 is 14.7 Å². The fourth-order valence-electron chi connectivity index (χ4n) is 1.02. The quantitative estimate of drug-likeness (QED) is 0.877. The molecule has 1 rings (SSSR count). The molecule has 0 atom stereocenters. The first-order valence-corrected chi connectivity index (χ1v) is 6.04. The minimum atomic E-state index is -0.981. The summed E-state index contributed by atoms with van der Waals surface area (Å²) in [6.07, 6.45) is -0.197. The van der Waals surface area contributed by atoms with Gasteiger partial charge in [-0.3, -0.25) is 9.59 Å². The molecule has 4 nitrogen and oxygen atoms in total. The maximum Gasteiger partial charge on any atom is 0.303 e. The number of anilines is 1. The molecule has 6 heteroatoms. The SMILES string of the molecule is O=C(O)CCC(=O)Nc1ccc(Br)cc1Br. The van der Waals surface area contributed by atoms with E-state index in [9.17, 15) is 9.59 Å². The molecule has 0 aromatic heterocycles. The van der Waals surface area contributed by atoms with Gasteiger partial charge in [0.15, 0.2) is 0 Å². The predicted molar refractivity (Wildman–Crippen MR) is 67.3 cm³/mol. The molecule has 0 heterocycles. The van der Waals surface area contributed by atoms with E-state index < -0.39 is 5.97 Å². The van der Waals surface area contributed by atoms with Crippen LogP contribution in [-0.2, 0) is 9.59 Å². The highest BCUT2D eigenvalue weighted by Crippen LogP contribution is 2.26. The number of hydrogen-bond acceptors (Lipinski definition) is 2. The van der Waals surface area contributed by atoms with Crippen LogP contribution in [0.25, 0.3) is 0 Å². The molecule has 86 valence electrons. The summed E-state index contributed by atoms with van der Waals surface area (Å²) in [5, 5.41) is 11.0. The highest BCUT2D eigenvalue weighted by Gasteiger charge is 2.07. The van der Waals surface area contributed by atoms with Crippen molar-refractivity contribution in [1.82, 2.24) is 0 Å². The third kappa shape index (κ3) is 4.32. The van der Waals surface area contributed by atoms with Gasteiger partial charge in [0, 0.05) is 15.4 Å². The summed E-state index contributed by atoms with van der Waals surface area (Å²) < 4.78 is 1.63. The number of nitrogens with one attached hydrogen (secondary N) is 1. The summed E-state index contributed by atoms with van der Waals surface area (Å²) in [7, 11) is 0. The zero-order chi connectivity index (χ0) is 12.1. The predicted octanol–water partition coefficient (Wildman–Crippen LogP) is 3.01. The van der Waals surface area contributed by atoms with E-state index in [1.165, 1.54) is 0 Å². The van der Waals surface area contributed by atoms with Gasteiger partial charge < -0.3 is 10.4 Å². The van der Waals surface area contributed by atoms with Crippen LogP contribution in [0.2, 0.25) is 0 Å². The van der Waals surface area contributed by atoms with Crippen molar-refractivity contribution in [2.45, 2.75) is 12.8 Å². The Morgan fingerprint density at radius 2 is 1.94 bits per heavy atom. The number of rotatable bonds is 4. The van der Waals surface area contributed by atoms with Crippen molar-refractivity contribution in [2.75, 3.05) is 5.32 Å². The second kappa shape index (κ2) is 6.00. The molecule has 2 N–H and O–H groups in total. The Kier molecular flexibility index (Phi) is 4.95. The number of aliphatic carboxylic acids is 1. The van der Waals surface area contributed by atoms with Crippen LogP contribution in [0.4, 0.5) is 5.69 Å². The average Bonchev–Trinajstić information content (AvgIpc) is 2.19. The van der Waals surface area contributed by atoms with Crippen LogP contribution in [0.1, 0.15) is 12.8 Å². The van der Waals surface area contributed by atoms with Crippen LogP contribution in [0.15, 0.2) is 27.1 Å². The molecule has 1 aromatic carbocycles. The Morgan fingerprint density at radius 1 is 1.25 bits per heavy atom. The van der Waals surface area contributed by atoms with Crippen molar-refractivity contribution in [3.8, 4) is 0 Å². The standard InChI is InChI=1S/C10H9Br2NO3/c11-6-1-2-8(7(12)5-6)13-9(14)3-4-10(15)16/h1-2,5H,3-4H2,(H,13,14)(H,15,16). The Hall–Kier alpha value is -0.880. The molecule has 0 aliphatic carbocycles. The first-order valence-electron chi connectivity index (χ1n) is 4.45. The van der Waals surface area contributed by atoms with E-state index in [1.807, 2.05) is 0 Å². The first kappa shape index (κ1) is 13.2. The zero-order valence-electron chi connectivity index (χ0n) is 8.17. The lowest BCUT2D eigenvalue weighted by molar-refractivity contribution is -0.138. The van der Waals surface area contributed by atoms with Crippen molar-refractivity contribution >= 4 is 49.4 Å². The number of carboxylic acids is 1. The summed E-state index contributed by atoms with van der Waals surface area (Å²) in [4.78, 5) is 21.6. The second-order valence-corrected chi connectivity index (χ2v) is 4.84. The molecule has 1 amide bonds. The molecule has 1 aromatic rings. The monoisotopic (exact) mass is 349 g/mol. The lowest BCUT2D eigenvalue weighted by Gasteiger charge is -2.06. The van der Waals surface area contributed by atoms with Crippen LogP contribution < -0.4 is 5.32 Å². The average molecular weight is 351 g/mol. The van der Waals surface area contributed by atoms with Crippen molar-refractivity contribution in [3.05, 3.63) is 27.1 Å². The number of amides is 1. The van der Waals surface area contributed by atoms with E-state index in [2.05, 4.69) is 37.2 Å². The minimum absolute atomic E-state index is 0.0299. The topological polar surface area (TPSA) is 66.4 Å². The maximum absolute atomic E-state index is 11.3. The van der Waals surface area contributed by atoms with E-state index in [0.717, 1.165) is 8.95 Å². The van der Waals surface area contributed by atoms with Gasteiger partial charge in [-0.15, -0.1) is 0 Å². The summed E-state index contributed by atoms with van der Waals surface area (Å²) >= 11 is 6.59. The number of halogens is 2. The molecular weight excluding hydrogens is 342 g/mol. The third-order valence-electron chi connectivity index (χ3n) is 1.77. The maximum atomic E-state index is 11.3. The molecule has 0 aliphatic rings. The molecule has 0 fully saturated rings. The van der Waals surface area contributed by atoms with Crippen LogP contribution in [0, 0.1) is 0 Å². The van der Waals surface area contributed by atoms with Gasteiger partial charge in [-0.2, -0.15) is 0 Å². The van der Waals surface area contributed by atoms with E-state index in [-0.39, 0.29) is 18.7 Å². The van der Waals surface area contributed by atoms with E-state index in [0.29, 0.717) is 5.69 Å². The molecule has 0 radical (unpaired) electrons. The van der Waals surface area contributed by atoms with Crippen molar-refractivity contribution in [3.63, 3.8) is 0 Å². The van der Waals surface area contributed by atoms with Crippen molar-refractivity contribution in [1.29, 1.82) is 0 Å². The Balaban J connectivity index is 2.59. The van der Waals surface area contributed by atoms with Crippen LogP contribution in [0.3, 0.4) is 0 Å². The molecule has 0 bridgehead atoms. The molecule has 0 aliphatic heterocycles. The molecule has 16 heavy (non-hydrogen) atoms. The highest BCUT2D eigenvalue weighted by molar-refractivity contribution is 9.11. The first-order chi connectivity index (χ1) is 7.49. The fraction of sp³-hybridized carbons (Fsp3) is 0.200. The fourth-order valence-corrected chi connectivity index (χ4v) is 2.17. The van der Waals surface area contributed by atoms with Gasteiger partial charge in [0.05, 0.1) is 12.1 Å². The number of carbonyl (C=O) groups is 2. The van der Waals surface area contributed by atoms with Gasteiger partial charge >= 0.3 is 5.97 Å². The number of carboxylic acid groups (broad SMARTS) is 1. The number of hydrogen-bond donors (Lipinski definition) is 2. The largest absolute Gasteiger partial charge is 0.481 e. The van der Waals surface area contributed by atoms with E-state index in [4.69, 9.17) is 5.11 Å². The van der Waals surface area contributed by atoms with Crippen LogP contribution in [0.5, 0.6) is 0 Å². The van der Waals surface area contributed by atoms with Gasteiger partial charge in [-0.1, -0.05) is 15.9 Å². The van der Waals surface area contributed by atoms with Gasteiger partial charge in [0.1, 0.15) is 0 Å². The lowest BCUT2D eigenvalue weighted by Crippen LogP contribution is -2.13. The van der Waals surface area contributed by atoms with Gasteiger partial charge in [-0.25, -0.2) is 0 Å². The highest BCUT2D eigenvalue weighted by atomic mass is 79.9. The summed E-state index contributed by atoms with van der Waals surface area (Å²) in [6, 6.07) is 5.32. The zero-order valence-corrected chi connectivity index (χ0v) is 11.3. The normalized spacial score (nSPS) is 9.88. The Bertz CT molecular complexity index is 421. The van der Waals surface area contributed by atoms with Crippen LogP contribution in [-0.4, -0.2) is 17.0 Å². The second-order valence-electron chi connectivity index (χ2n) is 3.07. The van der Waals surface area contributed by atoms with Crippen LogP contribution >= 0.6 is 31.9 Å². The Morgan fingerprint density at radius 3 is 2.50 bits per heavy atom. The van der Waals surface area contributed by atoms with E-state index >= 15 is 0 Å². The summed E-state index contributed by atoms with van der Waals surface area (Å²) in [5.41, 5.74) is 0.624. The molecule has 0 saturated carbocycles. The number of benzene rings is 1. The van der Waals surface area contributed by atoms with Gasteiger partial charge in [0.2, 0.25) is 5.91 Å². The third-order valence-corrected chi connectivity index (χ3v) is 2.92. The van der Waals surface area contributed by atoms with Crippen molar-refractivity contribution in [2.24, 2.45) is 0 Å². The Labute approximate surface area is 109 Å². The summed E-state index contributed by atoms with van der Waals surface area (Å²) in [6.45, 7) is 0. The molecular formula is C10H9Br2NO3. The smallest absolute Gasteiger partial charge is 0.303 e. The van der Waals surface area contributed by atoms with E-state index in [1.54, 1.807) is 18.2 Å². The molecule has 0 spiro atoms. The molecule has 0 saturated heterocycles. The lowest BCUT2D eigenvalue weighted by atomic mass is 10.2. The van der Waals surface area contributed by atoms with Gasteiger partial charge in [0.25, 0.3) is 0 Å². The van der Waals surface area contributed by atoms with Gasteiger partial charge in [-0.05, 0) is 34.1 Å². The number of carbonyl (C=O) groups excluding carboxylic acids is 1.